The number of halogens is 1. The first-order valence-corrected chi connectivity index (χ1v) is 29.6. The number of aryl methyl sites for hydroxylation is 1. The highest BCUT2D eigenvalue weighted by molar-refractivity contribution is 7.20. The molecule has 14 heteroatoms. The number of nitrogens with one attached hydrogen (secondary N) is 2. The minimum Gasteiger partial charge on any atom is -0.477 e. The summed E-state index contributed by atoms with van der Waals surface area (Å²) in [4.78, 5) is 63.6. The predicted octanol–water partition coefficient (Wildman–Crippen LogP) is 14.3. The molecule has 11 nitrogen and oxygen atoms in total. The number of aliphatic carboxylic acids is 1. The van der Waals surface area contributed by atoms with Gasteiger partial charge in [-0.25, -0.2) is 14.8 Å². The van der Waals surface area contributed by atoms with Gasteiger partial charge in [0.1, 0.15) is 27.3 Å². The molecule has 0 saturated carbocycles. The number of carboxylic acid groups (broad SMARTS) is 1. The van der Waals surface area contributed by atoms with Crippen molar-refractivity contribution < 1.29 is 24.3 Å². The summed E-state index contributed by atoms with van der Waals surface area (Å²) in [6, 6.07) is 76.9. The molecule has 414 valence electrons. The summed E-state index contributed by atoms with van der Waals surface area (Å²) < 4.78 is 0.111. The molecular formula is C70H55ClN6O5S2. The van der Waals surface area contributed by atoms with Crippen molar-refractivity contribution in [1.29, 1.82) is 0 Å². The Morgan fingerprint density at radius 2 is 1.11 bits per heavy atom. The van der Waals surface area contributed by atoms with Gasteiger partial charge in [-0.1, -0.05) is 277 Å². The Kier molecular flexibility index (Phi) is 15.8. The molecule has 1 saturated heterocycles. The molecule has 2 amide bonds. The Bertz CT molecular complexity index is 3810. The molecule has 10 aromatic rings. The molecule has 12 rings (SSSR count). The lowest BCUT2D eigenvalue weighted by Crippen LogP contribution is -2.73. The quantitative estimate of drug-likeness (QED) is 0.0314. The summed E-state index contributed by atoms with van der Waals surface area (Å²) in [5, 5.41) is 23.4. The number of thiazole rings is 2. The monoisotopic (exact) mass is 1160 g/mol. The van der Waals surface area contributed by atoms with Crippen molar-refractivity contribution in [3.63, 3.8) is 0 Å². The fourth-order valence-electron chi connectivity index (χ4n) is 11.9. The Balaban J connectivity index is 1.00. The van der Waals surface area contributed by atoms with Crippen molar-refractivity contribution in [3.05, 3.63) is 331 Å². The number of fused-ring (bicyclic) bond motifs is 1. The molecule has 1 fully saturated rings. The van der Waals surface area contributed by atoms with E-state index >= 15 is 9.59 Å². The zero-order chi connectivity index (χ0) is 57.6. The molecule has 8 aromatic carbocycles. The van der Waals surface area contributed by atoms with Crippen LogP contribution in [0.4, 0.5) is 5.13 Å². The van der Waals surface area contributed by atoms with Crippen LogP contribution in [0.2, 0.25) is 4.34 Å². The number of carboxylic acids is 1. The number of anilines is 1. The first-order valence-electron chi connectivity index (χ1n) is 27.5. The van der Waals surface area contributed by atoms with Gasteiger partial charge in [-0.05, 0) is 58.7 Å². The maximum atomic E-state index is 15.9. The highest BCUT2D eigenvalue weighted by atomic mass is 35.5. The molecule has 0 spiro atoms. The number of nitrogens with zero attached hydrogens (tertiary/aromatic N) is 4. The van der Waals surface area contributed by atoms with Gasteiger partial charge in [0.25, 0.3) is 11.8 Å². The fraction of sp³-hybridized carbons (Fsp3) is 0.114. The maximum Gasteiger partial charge on any atom is 0.352 e. The predicted molar refractivity (Wildman–Crippen MR) is 333 cm³/mol. The maximum absolute atomic E-state index is 15.9. The topological polar surface area (TPSA) is 146 Å². The molecule has 2 aliphatic heterocycles. The summed E-state index contributed by atoms with van der Waals surface area (Å²) in [6.07, 6.45) is 3.97. The number of oxime groups is 1. The molecule has 1 unspecified atom stereocenters. The molecule has 84 heavy (non-hydrogen) atoms. The summed E-state index contributed by atoms with van der Waals surface area (Å²) >= 11 is 10.0. The van der Waals surface area contributed by atoms with E-state index < -0.39 is 46.9 Å². The van der Waals surface area contributed by atoms with Crippen LogP contribution in [-0.2, 0) is 30.4 Å². The summed E-state index contributed by atoms with van der Waals surface area (Å²) in [5.41, 5.74) is 6.85. The van der Waals surface area contributed by atoms with E-state index in [0.717, 1.165) is 49.7 Å². The van der Waals surface area contributed by atoms with Crippen LogP contribution in [0.3, 0.4) is 0 Å². The third-order valence-electron chi connectivity index (χ3n) is 15.8. The van der Waals surface area contributed by atoms with E-state index in [4.69, 9.17) is 26.6 Å². The first kappa shape index (κ1) is 55.0. The van der Waals surface area contributed by atoms with Crippen LogP contribution in [0.15, 0.2) is 271 Å². The Morgan fingerprint density at radius 1 is 0.667 bits per heavy atom. The summed E-state index contributed by atoms with van der Waals surface area (Å²) in [5.74, 6) is -3.55. The molecule has 4 heterocycles. The fourth-order valence-corrected chi connectivity index (χ4v) is 13.7. The van der Waals surface area contributed by atoms with Gasteiger partial charge in [-0.3, -0.25) is 14.5 Å². The van der Waals surface area contributed by atoms with Gasteiger partial charge < -0.3 is 20.6 Å². The minimum atomic E-state index is -1.45. The summed E-state index contributed by atoms with van der Waals surface area (Å²) in [6.45, 7) is 1.90. The molecule has 0 bridgehead atoms. The number of rotatable bonds is 19. The molecule has 0 aliphatic carbocycles. The number of carbonyl (C=O) groups is 3. The van der Waals surface area contributed by atoms with Gasteiger partial charge in [0.05, 0.1) is 17.2 Å². The van der Waals surface area contributed by atoms with E-state index in [1.54, 1.807) is 5.51 Å². The van der Waals surface area contributed by atoms with Crippen molar-refractivity contribution in [2.24, 2.45) is 11.1 Å². The normalized spacial score (nSPS) is 16.3. The second-order valence-corrected chi connectivity index (χ2v) is 23.0. The van der Waals surface area contributed by atoms with Crippen LogP contribution in [0.1, 0.15) is 73.1 Å². The van der Waals surface area contributed by atoms with Gasteiger partial charge in [-0.15, -0.1) is 11.3 Å². The number of hydrogen-bond acceptors (Lipinski definition) is 10. The number of allylic oxidation sites excluding steroid dienone is 2. The molecular weight excluding hydrogens is 1100 g/mol. The van der Waals surface area contributed by atoms with Crippen LogP contribution in [0, 0.1) is 12.8 Å². The van der Waals surface area contributed by atoms with Crippen LogP contribution in [0.25, 0.3) is 6.08 Å². The zero-order valence-corrected chi connectivity index (χ0v) is 47.8. The molecule has 2 aromatic heterocycles. The first-order chi connectivity index (χ1) is 41.2. The van der Waals surface area contributed by atoms with Crippen molar-refractivity contribution in [2.45, 2.75) is 42.5 Å². The number of amides is 2. The van der Waals surface area contributed by atoms with Gasteiger partial charge in [0.15, 0.2) is 10.8 Å². The number of carbonyl (C=O) groups excluding carboxylic acids is 2. The van der Waals surface area contributed by atoms with Gasteiger partial charge in [0.2, 0.25) is 5.60 Å². The Labute approximate surface area is 500 Å². The summed E-state index contributed by atoms with van der Waals surface area (Å²) in [7, 11) is 0. The molecule has 3 N–H and O–H groups in total. The SMILES string of the molecule is Cc1ncsc1C=CC1=C(C(=O)O)N2C(=O)[C@@H](NC(=O)C(=NOC(c3ccccc3)(c3ccccc3)c3ccccc3)c3nc(NC(c4ccccc4)(c4ccccc4)c4ccccc4)sc3Cl)[C@H]2CC1C(c1ccccc1)c1ccccc1. The lowest BCUT2D eigenvalue weighted by molar-refractivity contribution is -0.156. The van der Waals surface area contributed by atoms with E-state index in [1.807, 2.05) is 225 Å². The lowest BCUT2D eigenvalue weighted by Gasteiger charge is -2.53. The van der Waals surface area contributed by atoms with Gasteiger partial charge in [0, 0.05) is 27.5 Å². The van der Waals surface area contributed by atoms with E-state index in [2.05, 4.69) is 52.0 Å². The second-order valence-electron chi connectivity index (χ2n) is 20.5. The molecule has 2 aliphatic rings. The molecule has 0 radical (unpaired) electrons. The van der Waals surface area contributed by atoms with Gasteiger partial charge >= 0.3 is 5.97 Å². The van der Waals surface area contributed by atoms with Crippen molar-refractivity contribution >= 4 is 69.0 Å². The van der Waals surface area contributed by atoms with Crippen LogP contribution >= 0.6 is 34.3 Å². The van der Waals surface area contributed by atoms with Crippen molar-refractivity contribution in [2.75, 3.05) is 5.32 Å². The Morgan fingerprint density at radius 3 is 1.54 bits per heavy atom. The van der Waals surface area contributed by atoms with Crippen LogP contribution in [-0.4, -0.2) is 55.6 Å². The van der Waals surface area contributed by atoms with Crippen LogP contribution < -0.4 is 10.6 Å². The third kappa shape index (κ3) is 10.4. The average Bonchev–Trinajstić information content (AvgIpc) is 2.83. The number of aromatic nitrogens is 2. The van der Waals surface area contributed by atoms with E-state index in [0.29, 0.717) is 27.4 Å². The van der Waals surface area contributed by atoms with Crippen LogP contribution in [0.5, 0.6) is 0 Å². The van der Waals surface area contributed by atoms with Gasteiger partial charge in [-0.2, -0.15) is 0 Å². The lowest BCUT2D eigenvalue weighted by atomic mass is 9.68. The van der Waals surface area contributed by atoms with Crippen molar-refractivity contribution in [3.8, 4) is 0 Å². The average molecular weight is 1160 g/mol. The highest BCUT2D eigenvalue weighted by Gasteiger charge is 2.57. The smallest absolute Gasteiger partial charge is 0.352 e. The standard InChI is InChI=1S/C70H55ClN6O5S2/c1-46-58(83-45-72-46)43-42-55-56(59(47-26-10-2-11-27-47)48-28-12-3-13-29-48)44-57-60(66(79)77(57)63(55)67(80)81)73-65(78)62(76-82-70(52-36-20-7-21-37-52,53-38-22-8-23-39-53)54-40-24-9-25-41-54)61-64(71)84-68(74-61)75-69(49-30-14-4-15-31-49,50-32-16-5-17-33-50)51-34-18-6-19-35-51/h2-43,45,56-57,59-60H,44H2,1H3,(H,73,78)(H,74,75)(H,80,81)/t56?,57-,60+/m1/s1. The third-order valence-corrected chi connectivity index (χ3v) is 17.9. The second kappa shape index (κ2) is 24.1. The minimum absolute atomic E-state index is 0.0110. The number of hydrogen-bond donors (Lipinski definition) is 3. The Hall–Kier alpha value is -9.53. The zero-order valence-electron chi connectivity index (χ0n) is 45.4. The highest BCUT2D eigenvalue weighted by Crippen LogP contribution is 2.49. The van der Waals surface area contributed by atoms with E-state index in [9.17, 15) is 9.90 Å². The number of β-lactam (4-membered cyclic amide) rings is 1. The van der Waals surface area contributed by atoms with Crippen molar-refractivity contribution in [1.82, 2.24) is 20.2 Å². The molecule has 3 atom stereocenters. The van der Waals surface area contributed by atoms with E-state index in [1.165, 1.54) is 16.2 Å². The van der Waals surface area contributed by atoms with E-state index in [-0.39, 0.29) is 33.8 Å². The largest absolute Gasteiger partial charge is 0.477 e. The number of benzene rings is 8.